The van der Waals surface area contributed by atoms with Crippen LogP contribution in [-0.2, 0) is 0 Å². The van der Waals surface area contributed by atoms with Gasteiger partial charge in [0.15, 0.2) is 34.9 Å². The van der Waals surface area contributed by atoms with E-state index in [2.05, 4.69) is 106 Å². The van der Waals surface area contributed by atoms with Crippen molar-refractivity contribution < 1.29 is 18.9 Å². The van der Waals surface area contributed by atoms with Gasteiger partial charge in [0.05, 0.1) is 0 Å². The van der Waals surface area contributed by atoms with E-state index in [9.17, 15) is 10.0 Å². The Morgan fingerprint density at radius 3 is 0.911 bits per heavy atom. The van der Waals surface area contributed by atoms with Crippen molar-refractivity contribution in [2.24, 2.45) is 0 Å². The second-order valence-electron chi connectivity index (χ2n) is 21.4. The quantitative estimate of drug-likeness (QED) is 0.127. The van der Waals surface area contributed by atoms with Crippen molar-refractivity contribution in [1.29, 1.82) is 0 Å². The Kier molecular flexibility index (Phi) is 16.1. The Labute approximate surface area is 527 Å². The first-order valence-electron chi connectivity index (χ1n) is 29.3. The molecule has 0 atom stereocenters. The molecule has 4 heterocycles. The van der Waals surface area contributed by atoms with Gasteiger partial charge in [-0.25, -0.2) is 29.9 Å². The molecule has 0 spiro atoms. The SMILES string of the molecule is Brc1ccc(-c2nc(-c3ccccc3)nc(-c3ccccc3)n2)cc1.OB(O)c1cccc(-c2ccc3oc4ccccc4c3c2)c1.c1ccc(-c2nc(-c3ccccc3)nc(-c3ccc(-c4cccc(-c5ccc6oc7ccccc7c6c5)c4)cc3)n2)cc1. The highest BCUT2D eigenvalue weighted by atomic mass is 79.9. The normalized spacial score (nSPS) is 11.1. The van der Waals surface area contributed by atoms with Gasteiger partial charge in [-0.05, 0) is 93.4 Å². The van der Waals surface area contributed by atoms with Crippen LogP contribution in [0.3, 0.4) is 0 Å². The highest BCUT2D eigenvalue weighted by Crippen LogP contribution is 2.36. The molecule has 0 bridgehead atoms. The highest BCUT2D eigenvalue weighted by Gasteiger charge is 2.17. The van der Waals surface area contributed by atoms with Crippen LogP contribution in [0.5, 0.6) is 0 Å². The van der Waals surface area contributed by atoms with E-state index < -0.39 is 7.12 Å². The predicted molar refractivity (Wildman–Crippen MR) is 367 cm³/mol. The van der Waals surface area contributed by atoms with E-state index >= 15 is 0 Å². The molecule has 0 aliphatic rings. The molecule has 0 radical (unpaired) electrons. The number of benzene rings is 12. The Morgan fingerprint density at radius 1 is 0.233 bits per heavy atom. The first kappa shape index (κ1) is 56.5. The lowest BCUT2D eigenvalue weighted by molar-refractivity contribution is 0.426. The molecular formula is C78H52BBrN6O4. The van der Waals surface area contributed by atoms with Crippen molar-refractivity contribution in [2.45, 2.75) is 0 Å². The fourth-order valence-electron chi connectivity index (χ4n) is 10.9. The zero-order chi connectivity index (χ0) is 60.8. The molecule has 16 aromatic rings. The predicted octanol–water partition coefficient (Wildman–Crippen LogP) is 18.7. The van der Waals surface area contributed by atoms with Gasteiger partial charge in [0.25, 0.3) is 0 Å². The molecule has 0 amide bonds. The van der Waals surface area contributed by atoms with Crippen LogP contribution in [0.4, 0.5) is 0 Å². The van der Waals surface area contributed by atoms with E-state index in [0.717, 1.165) is 115 Å². The third-order valence-electron chi connectivity index (χ3n) is 15.4. The van der Waals surface area contributed by atoms with Gasteiger partial charge in [-0.1, -0.05) is 265 Å². The molecule has 0 fully saturated rings. The highest BCUT2D eigenvalue weighted by molar-refractivity contribution is 9.10. The molecule has 90 heavy (non-hydrogen) atoms. The molecule has 0 aliphatic carbocycles. The molecule has 0 aliphatic heterocycles. The monoisotopic (exact) mass is 1230 g/mol. The van der Waals surface area contributed by atoms with Crippen molar-refractivity contribution in [3.63, 3.8) is 0 Å². The zero-order valence-corrected chi connectivity index (χ0v) is 49.8. The summed E-state index contributed by atoms with van der Waals surface area (Å²) in [5.74, 6) is 3.97. The minimum absolute atomic E-state index is 0.481. The topological polar surface area (TPSA) is 144 Å². The van der Waals surface area contributed by atoms with E-state index in [1.54, 1.807) is 12.1 Å². The van der Waals surface area contributed by atoms with Crippen molar-refractivity contribution >= 4 is 72.4 Å². The lowest BCUT2D eigenvalue weighted by atomic mass is 9.79. The maximum Gasteiger partial charge on any atom is 0.488 e. The average Bonchev–Trinajstić information content (AvgIpc) is 1.93. The molecule has 0 unspecified atom stereocenters. The van der Waals surface area contributed by atoms with Crippen LogP contribution < -0.4 is 5.46 Å². The molecule has 16 rings (SSSR count). The molecule has 2 N–H and O–H groups in total. The van der Waals surface area contributed by atoms with Gasteiger partial charge in [-0.15, -0.1) is 0 Å². The Morgan fingerprint density at radius 2 is 0.511 bits per heavy atom. The summed E-state index contributed by atoms with van der Waals surface area (Å²) < 4.78 is 12.9. The molecule has 0 saturated carbocycles. The number of furan rings is 2. The van der Waals surface area contributed by atoms with Crippen LogP contribution in [0.2, 0.25) is 0 Å². The summed E-state index contributed by atoms with van der Waals surface area (Å²) in [6, 6.07) is 101. The van der Waals surface area contributed by atoms with Crippen LogP contribution in [0.15, 0.2) is 317 Å². The van der Waals surface area contributed by atoms with Crippen molar-refractivity contribution in [1.82, 2.24) is 29.9 Å². The number of hydrogen-bond donors (Lipinski definition) is 2. The van der Waals surface area contributed by atoms with Gasteiger partial charge < -0.3 is 18.9 Å². The third-order valence-corrected chi connectivity index (χ3v) is 16.0. The van der Waals surface area contributed by atoms with Crippen LogP contribution in [0.25, 0.3) is 146 Å². The maximum atomic E-state index is 9.32. The lowest BCUT2D eigenvalue weighted by Crippen LogP contribution is -2.29. The van der Waals surface area contributed by atoms with E-state index in [1.807, 2.05) is 206 Å². The van der Waals surface area contributed by atoms with Gasteiger partial charge in [-0.3, -0.25) is 0 Å². The third kappa shape index (κ3) is 12.4. The summed E-state index contributed by atoms with van der Waals surface area (Å²) in [7, 11) is -1.46. The van der Waals surface area contributed by atoms with Crippen molar-refractivity contribution in [3.05, 3.63) is 308 Å². The van der Waals surface area contributed by atoms with Crippen LogP contribution in [0, 0.1) is 0 Å². The van der Waals surface area contributed by atoms with Gasteiger partial charge in [-0.2, -0.15) is 0 Å². The van der Waals surface area contributed by atoms with Crippen molar-refractivity contribution in [2.75, 3.05) is 0 Å². The number of nitrogens with zero attached hydrogens (tertiary/aromatic N) is 6. The Bertz CT molecular complexity index is 5050. The number of hydrogen-bond acceptors (Lipinski definition) is 10. The van der Waals surface area contributed by atoms with Gasteiger partial charge in [0.1, 0.15) is 22.3 Å². The molecule has 10 nitrogen and oxygen atoms in total. The van der Waals surface area contributed by atoms with Crippen LogP contribution >= 0.6 is 15.9 Å². The first-order chi connectivity index (χ1) is 44.3. The van der Waals surface area contributed by atoms with Crippen LogP contribution in [-0.4, -0.2) is 47.1 Å². The van der Waals surface area contributed by atoms with E-state index in [0.29, 0.717) is 40.4 Å². The van der Waals surface area contributed by atoms with E-state index in [1.165, 1.54) is 0 Å². The Balaban J connectivity index is 0.000000128. The summed E-state index contributed by atoms with van der Waals surface area (Å²) >= 11 is 3.47. The number of halogens is 1. The van der Waals surface area contributed by atoms with E-state index in [4.69, 9.17) is 33.8 Å². The average molecular weight is 1230 g/mol. The fraction of sp³-hybridized carbons (Fsp3) is 0. The molecule has 428 valence electrons. The summed E-state index contributed by atoms with van der Waals surface area (Å²) in [5.41, 5.74) is 16.3. The second-order valence-corrected chi connectivity index (χ2v) is 22.3. The molecule has 0 saturated heterocycles. The van der Waals surface area contributed by atoms with Gasteiger partial charge in [0.2, 0.25) is 0 Å². The number of para-hydroxylation sites is 2. The Hall–Kier alpha value is -11.3. The summed E-state index contributed by atoms with van der Waals surface area (Å²) in [4.78, 5) is 28.6. The standard InChI is InChI=1S/C39H25N3O.C21H14BrN3.C18H13BO3/c1-3-10-27(11-4-1)37-40-38(28-12-5-2-6-13-28)42-39(41-37)29-20-18-26(19-21-29)30-14-9-15-31(24-30)32-22-23-36-34(25-32)33-16-7-8-17-35(33)43-36;22-18-13-11-17(12-14-18)21-24-19(15-7-3-1-4-8-15)23-20(25-21)16-9-5-2-6-10-16;20-19(21)14-5-3-4-12(10-14)13-8-9-18-16(11-13)15-6-1-2-7-17(15)22-18/h1-25H;1-14H;1-11,20-21H. The number of fused-ring (bicyclic) bond motifs is 6. The van der Waals surface area contributed by atoms with E-state index in [-0.39, 0.29) is 0 Å². The molecular weight excluding hydrogens is 1180 g/mol. The summed E-state index contributed by atoms with van der Waals surface area (Å²) in [5, 5.41) is 23.0. The number of rotatable bonds is 10. The maximum absolute atomic E-state index is 9.32. The first-order valence-corrected chi connectivity index (χ1v) is 30.1. The second kappa shape index (κ2) is 25.6. The number of aromatic nitrogens is 6. The van der Waals surface area contributed by atoms with Gasteiger partial charge >= 0.3 is 7.12 Å². The smallest absolute Gasteiger partial charge is 0.456 e. The molecule has 12 aromatic carbocycles. The fourth-order valence-corrected chi connectivity index (χ4v) is 11.1. The summed E-state index contributed by atoms with van der Waals surface area (Å²) in [6.07, 6.45) is 0. The van der Waals surface area contributed by atoms with Crippen molar-refractivity contribution in [3.8, 4) is 102 Å². The lowest BCUT2D eigenvalue weighted by Gasteiger charge is -2.10. The molecule has 4 aromatic heterocycles. The minimum Gasteiger partial charge on any atom is -0.456 e. The summed E-state index contributed by atoms with van der Waals surface area (Å²) in [6.45, 7) is 0. The largest absolute Gasteiger partial charge is 0.488 e. The van der Waals surface area contributed by atoms with Crippen LogP contribution in [0.1, 0.15) is 0 Å². The molecule has 12 heteroatoms. The van der Waals surface area contributed by atoms with Gasteiger partial charge in [0, 0.05) is 59.4 Å². The minimum atomic E-state index is -1.46. The zero-order valence-electron chi connectivity index (χ0n) is 48.2.